The average Bonchev–Trinajstić information content (AvgIpc) is 2.86. The van der Waals surface area contributed by atoms with Crippen molar-refractivity contribution in [3.63, 3.8) is 0 Å². The molecule has 0 fully saturated rings. The van der Waals surface area contributed by atoms with Gasteiger partial charge in [-0.25, -0.2) is 4.79 Å². The summed E-state index contributed by atoms with van der Waals surface area (Å²) in [5, 5.41) is 10.6. The molecule has 0 radical (unpaired) electrons. The highest BCUT2D eigenvalue weighted by Gasteiger charge is 2.56. The summed E-state index contributed by atoms with van der Waals surface area (Å²) < 4.78 is 16.9. The van der Waals surface area contributed by atoms with Crippen molar-refractivity contribution in [2.24, 2.45) is 0 Å². The van der Waals surface area contributed by atoms with E-state index in [-0.39, 0.29) is 11.7 Å². The Morgan fingerprint density at radius 2 is 1.50 bits per heavy atom. The highest BCUT2D eigenvalue weighted by Crippen LogP contribution is 2.46. The van der Waals surface area contributed by atoms with Gasteiger partial charge in [0.2, 0.25) is 12.0 Å². The zero-order valence-electron chi connectivity index (χ0n) is 19.4. The average molecular weight is 462 g/mol. The summed E-state index contributed by atoms with van der Waals surface area (Å²) in [6.45, 7) is 1.81. The first-order chi connectivity index (χ1) is 16.4. The largest absolute Gasteiger partial charge is 0.496 e. The Bertz CT molecular complexity index is 1170. The van der Waals surface area contributed by atoms with Gasteiger partial charge < -0.3 is 24.2 Å². The molecule has 1 aliphatic heterocycles. The lowest BCUT2D eigenvalue weighted by atomic mass is 9.71. The lowest BCUT2D eigenvalue weighted by molar-refractivity contribution is -0.157. The first-order valence-electron chi connectivity index (χ1n) is 11.0. The molecule has 0 bridgehead atoms. The summed E-state index contributed by atoms with van der Waals surface area (Å²) in [5.74, 6) is -0.269. The van der Waals surface area contributed by atoms with Gasteiger partial charge in [-0.15, -0.1) is 0 Å². The lowest BCUT2D eigenvalue weighted by Gasteiger charge is -2.50. The van der Waals surface area contributed by atoms with Gasteiger partial charge in [-0.05, 0) is 23.1 Å². The van der Waals surface area contributed by atoms with Crippen molar-refractivity contribution in [3.8, 4) is 17.2 Å². The summed E-state index contributed by atoms with van der Waals surface area (Å²) in [6.07, 6.45) is -0.846. The van der Waals surface area contributed by atoms with Gasteiger partial charge in [-0.3, -0.25) is 4.79 Å². The Labute approximate surface area is 198 Å². The van der Waals surface area contributed by atoms with E-state index >= 15 is 0 Å². The standard InChI is InChI=1S/C27H27NO6/c1-18(29)28-14-13-19-9-7-8-12-24(19)27(28,20-10-5-4-6-11-20)25(26(30)31)34-23-16-21(32-2)15-22(17-23)33-3/h4-12,15-17,25H,13-14H2,1-3H3,(H,30,31)/t25?,27-/m0/s1. The van der Waals surface area contributed by atoms with Crippen molar-refractivity contribution in [3.05, 3.63) is 89.5 Å². The number of ether oxygens (including phenoxy) is 3. The highest BCUT2D eigenvalue weighted by molar-refractivity contribution is 5.82. The van der Waals surface area contributed by atoms with Crippen LogP contribution in [0.3, 0.4) is 0 Å². The number of carboxylic acids is 1. The first kappa shape index (κ1) is 23.2. The molecule has 2 atom stereocenters. The second-order valence-electron chi connectivity index (χ2n) is 8.09. The summed E-state index contributed by atoms with van der Waals surface area (Å²) in [7, 11) is 3.01. The normalized spacial score (nSPS) is 17.9. The van der Waals surface area contributed by atoms with Crippen LogP contribution < -0.4 is 14.2 Å². The zero-order chi connectivity index (χ0) is 24.3. The number of amides is 1. The molecular weight excluding hydrogens is 434 g/mol. The smallest absolute Gasteiger partial charge is 0.348 e. The SMILES string of the molecule is COc1cc(OC)cc(OC(C(=O)O)[C@]2(c3ccccc3)c3ccccc3CCN2C(C)=O)c1. The third kappa shape index (κ3) is 3.94. The van der Waals surface area contributed by atoms with Crippen LogP contribution in [0.2, 0.25) is 0 Å². The molecule has 1 heterocycles. The quantitative estimate of drug-likeness (QED) is 0.575. The molecule has 1 N–H and O–H groups in total. The highest BCUT2D eigenvalue weighted by atomic mass is 16.5. The Hall–Kier alpha value is -4.00. The van der Waals surface area contributed by atoms with E-state index in [1.807, 2.05) is 54.6 Å². The van der Waals surface area contributed by atoms with Gasteiger partial charge in [-0.2, -0.15) is 0 Å². The number of rotatable bonds is 7. The van der Waals surface area contributed by atoms with E-state index in [4.69, 9.17) is 14.2 Å². The summed E-state index contributed by atoms with van der Waals surface area (Å²) >= 11 is 0. The van der Waals surface area contributed by atoms with Crippen molar-refractivity contribution < 1.29 is 28.9 Å². The maximum absolute atomic E-state index is 13.0. The van der Waals surface area contributed by atoms with Crippen molar-refractivity contribution in [2.45, 2.75) is 25.0 Å². The van der Waals surface area contributed by atoms with Gasteiger partial charge in [0.1, 0.15) is 22.8 Å². The molecule has 0 aromatic heterocycles. The molecule has 1 aliphatic rings. The molecule has 7 heteroatoms. The number of benzene rings is 3. The number of methoxy groups -OCH3 is 2. The van der Waals surface area contributed by atoms with Crippen LogP contribution in [-0.4, -0.2) is 48.8 Å². The second-order valence-corrected chi connectivity index (χ2v) is 8.09. The molecule has 0 saturated heterocycles. The molecule has 1 unspecified atom stereocenters. The van der Waals surface area contributed by atoms with Crippen LogP contribution in [0.5, 0.6) is 17.2 Å². The Balaban J connectivity index is 2.00. The van der Waals surface area contributed by atoms with E-state index in [0.717, 1.165) is 11.1 Å². The minimum Gasteiger partial charge on any atom is -0.496 e. The predicted molar refractivity (Wildman–Crippen MR) is 126 cm³/mol. The maximum atomic E-state index is 13.0. The van der Waals surface area contributed by atoms with Crippen LogP contribution in [0.25, 0.3) is 0 Å². The van der Waals surface area contributed by atoms with E-state index in [1.54, 1.807) is 23.1 Å². The van der Waals surface area contributed by atoms with Crippen LogP contribution in [0, 0.1) is 0 Å². The fourth-order valence-electron chi connectivity index (χ4n) is 4.81. The van der Waals surface area contributed by atoms with Gasteiger partial charge in [0.05, 0.1) is 14.2 Å². The third-order valence-electron chi connectivity index (χ3n) is 6.24. The number of carbonyl (C=O) groups excluding carboxylic acids is 1. The molecule has 176 valence electrons. The van der Waals surface area contributed by atoms with Crippen LogP contribution in [0.4, 0.5) is 0 Å². The number of fused-ring (bicyclic) bond motifs is 1. The van der Waals surface area contributed by atoms with Crippen molar-refractivity contribution in [2.75, 3.05) is 20.8 Å². The molecule has 0 aliphatic carbocycles. The lowest BCUT2D eigenvalue weighted by Crippen LogP contribution is -2.63. The second kappa shape index (κ2) is 9.47. The van der Waals surface area contributed by atoms with Crippen molar-refractivity contribution >= 4 is 11.9 Å². The number of carbonyl (C=O) groups is 2. The molecule has 34 heavy (non-hydrogen) atoms. The first-order valence-corrected chi connectivity index (χ1v) is 11.0. The summed E-state index contributed by atoms with van der Waals surface area (Å²) in [6, 6.07) is 21.7. The van der Waals surface area contributed by atoms with Crippen LogP contribution in [0.15, 0.2) is 72.8 Å². The topological polar surface area (TPSA) is 85.3 Å². The van der Waals surface area contributed by atoms with Crippen LogP contribution in [0.1, 0.15) is 23.6 Å². The van der Waals surface area contributed by atoms with E-state index in [1.165, 1.54) is 21.1 Å². The number of nitrogens with zero attached hydrogens (tertiary/aromatic N) is 1. The monoisotopic (exact) mass is 461 g/mol. The molecule has 3 aromatic rings. The van der Waals surface area contributed by atoms with Gasteiger partial charge in [0.25, 0.3) is 0 Å². The fraction of sp³-hybridized carbons (Fsp3) is 0.259. The Kier molecular flexibility index (Phi) is 6.45. The summed E-state index contributed by atoms with van der Waals surface area (Å²) in [5.41, 5.74) is 0.954. The minimum atomic E-state index is -1.46. The molecular formula is C27H27NO6. The minimum absolute atomic E-state index is 0.239. The molecule has 3 aromatic carbocycles. The summed E-state index contributed by atoms with van der Waals surface area (Å²) in [4.78, 5) is 27.6. The molecule has 7 nitrogen and oxygen atoms in total. The number of hydrogen-bond acceptors (Lipinski definition) is 5. The molecule has 0 saturated carbocycles. The van der Waals surface area contributed by atoms with Gasteiger partial charge in [0.15, 0.2) is 0 Å². The van der Waals surface area contributed by atoms with Gasteiger partial charge >= 0.3 is 5.97 Å². The van der Waals surface area contributed by atoms with E-state index in [2.05, 4.69) is 0 Å². The van der Waals surface area contributed by atoms with Gasteiger partial charge in [-0.1, -0.05) is 54.6 Å². The fourth-order valence-corrected chi connectivity index (χ4v) is 4.81. The molecule has 4 rings (SSSR count). The van der Waals surface area contributed by atoms with Crippen molar-refractivity contribution in [1.82, 2.24) is 4.90 Å². The van der Waals surface area contributed by atoms with E-state index < -0.39 is 17.6 Å². The van der Waals surface area contributed by atoms with Crippen molar-refractivity contribution in [1.29, 1.82) is 0 Å². The Morgan fingerprint density at radius 3 is 2.09 bits per heavy atom. The number of carboxylic acid groups (broad SMARTS) is 1. The maximum Gasteiger partial charge on any atom is 0.348 e. The van der Waals surface area contributed by atoms with Crippen LogP contribution in [-0.2, 0) is 21.5 Å². The predicted octanol–water partition coefficient (Wildman–Crippen LogP) is 3.88. The van der Waals surface area contributed by atoms with Gasteiger partial charge in [0, 0.05) is 31.7 Å². The number of hydrogen-bond donors (Lipinski definition) is 1. The molecule has 0 spiro atoms. The third-order valence-corrected chi connectivity index (χ3v) is 6.24. The van der Waals surface area contributed by atoms with E-state index in [0.29, 0.717) is 30.0 Å². The van der Waals surface area contributed by atoms with E-state index in [9.17, 15) is 14.7 Å². The number of aliphatic carboxylic acids is 1. The molecule has 1 amide bonds. The zero-order valence-corrected chi connectivity index (χ0v) is 19.4. The van der Waals surface area contributed by atoms with Crippen LogP contribution >= 0.6 is 0 Å². The Morgan fingerprint density at radius 1 is 0.912 bits per heavy atom.